The molecule has 0 saturated carbocycles. The minimum absolute atomic E-state index is 0.835. The molecule has 0 amide bonds. The van der Waals surface area contributed by atoms with Crippen LogP contribution in [0.1, 0.15) is 12.5 Å². The lowest BCUT2D eigenvalue weighted by atomic mass is 10.0. The number of likely N-dealkylation sites (N-methyl/N-ethyl adjacent to an activating group) is 1. The molecule has 2 nitrogen and oxygen atoms in total. The van der Waals surface area contributed by atoms with E-state index in [1.165, 1.54) is 16.8 Å². The van der Waals surface area contributed by atoms with Crippen molar-refractivity contribution in [3.63, 3.8) is 0 Å². The fourth-order valence-corrected chi connectivity index (χ4v) is 1.68. The topological polar surface area (TPSA) is 29.3 Å². The number of benzene rings is 1. The minimum Gasteiger partial charge on any atom is -0.399 e. The monoisotopic (exact) mass is 174 g/mol. The lowest BCUT2D eigenvalue weighted by Crippen LogP contribution is -2.21. The van der Waals surface area contributed by atoms with Crippen molar-refractivity contribution in [1.29, 1.82) is 0 Å². The molecule has 0 spiro atoms. The van der Waals surface area contributed by atoms with Crippen LogP contribution in [0.5, 0.6) is 0 Å². The highest BCUT2D eigenvalue weighted by Gasteiger charge is 2.12. The normalized spacial score (nSPS) is 15.2. The van der Waals surface area contributed by atoms with E-state index in [0.29, 0.717) is 0 Å². The molecule has 1 heterocycles. The highest BCUT2D eigenvalue weighted by atomic mass is 15.1. The summed E-state index contributed by atoms with van der Waals surface area (Å²) in [6, 6.07) is 6.08. The summed E-state index contributed by atoms with van der Waals surface area (Å²) in [4.78, 5) is 2.22. The number of rotatable bonds is 0. The van der Waals surface area contributed by atoms with E-state index in [1.54, 1.807) is 0 Å². The van der Waals surface area contributed by atoms with Gasteiger partial charge in [0.25, 0.3) is 0 Å². The molecule has 1 aliphatic heterocycles. The fourth-order valence-electron chi connectivity index (χ4n) is 1.68. The molecule has 0 radical (unpaired) electrons. The second-order valence-corrected chi connectivity index (χ2v) is 3.54. The average molecular weight is 174 g/mol. The lowest BCUT2D eigenvalue weighted by molar-refractivity contribution is 1.01. The molecule has 2 heteroatoms. The second kappa shape index (κ2) is 2.80. The van der Waals surface area contributed by atoms with Crippen molar-refractivity contribution >= 4 is 16.9 Å². The molecular formula is C11H14N2. The highest BCUT2D eigenvalue weighted by Crippen LogP contribution is 2.31. The molecule has 13 heavy (non-hydrogen) atoms. The first-order valence-corrected chi connectivity index (χ1v) is 4.46. The summed E-state index contributed by atoms with van der Waals surface area (Å²) in [7, 11) is 2.10. The van der Waals surface area contributed by atoms with Crippen molar-refractivity contribution < 1.29 is 0 Å². The molecule has 1 aromatic rings. The Morgan fingerprint density at radius 1 is 1.38 bits per heavy atom. The molecule has 0 atom stereocenters. The summed E-state index contributed by atoms with van der Waals surface area (Å²) in [5.74, 6) is 0. The molecule has 2 rings (SSSR count). The number of hydrogen-bond donors (Lipinski definition) is 1. The molecule has 0 aliphatic carbocycles. The van der Waals surface area contributed by atoms with Crippen LogP contribution in [0, 0.1) is 0 Å². The summed E-state index contributed by atoms with van der Waals surface area (Å²) in [5.41, 5.74) is 10.4. The van der Waals surface area contributed by atoms with Gasteiger partial charge in [-0.15, -0.1) is 0 Å². The summed E-state index contributed by atoms with van der Waals surface area (Å²) in [6.45, 7) is 3.12. The van der Waals surface area contributed by atoms with E-state index in [0.717, 1.165) is 12.2 Å². The molecule has 0 fully saturated rings. The SMILES string of the molecule is CC1=CCN(C)c2ccc(N)cc21. The van der Waals surface area contributed by atoms with Crippen LogP contribution < -0.4 is 10.6 Å². The van der Waals surface area contributed by atoms with E-state index in [1.807, 2.05) is 12.1 Å². The van der Waals surface area contributed by atoms with Gasteiger partial charge in [-0.3, -0.25) is 0 Å². The van der Waals surface area contributed by atoms with E-state index in [9.17, 15) is 0 Å². The Kier molecular flexibility index (Phi) is 1.76. The summed E-state index contributed by atoms with van der Waals surface area (Å²) >= 11 is 0. The third kappa shape index (κ3) is 1.28. The number of anilines is 2. The maximum absolute atomic E-state index is 5.74. The third-order valence-corrected chi connectivity index (χ3v) is 2.53. The highest BCUT2D eigenvalue weighted by molar-refractivity contribution is 5.80. The number of allylic oxidation sites excluding steroid dienone is 1. The average Bonchev–Trinajstić information content (AvgIpc) is 2.12. The van der Waals surface area contributed by atoms with Crippen LogP contribution in [0.15, 0.2) is 24.3 Å². The van der Waals surface area contributed by atoms with Crippen LogP contribution in [0.4, 0.5) is 11.4 Å². The summed E-state index contributed by atoms with van der Waals surface area (Å²) < 4.78 is 0. The van der Waals surface area contributed by atoms with Crippen molar-refractivity contribution in [2.45, 2.75) is 6.92 Å². The first-order chi connectivity index (χ1) is 6.18. The van der Waals surface area contributed by atoms with Crippen molar-refractivity contribution in [1.82, 2.24) is 0 Å². The molecule has 2 N–H and O–H groups in total. The first-order valence-electron chi connectivity index (χ1n) is 4.46. The van der Waals surface area contributed by atoms with Gasteiger partial charge in [-0.2, -0.15) is 0 Å². The van der Waals surface area contributed by atoms with Crippen LogP contribution in [-0.2, 0) is 0 Å². The van der Waals surface area contributed by atoms with Gasteiger partial charge in [0.2, 0.25) is 0 Å². The van der Waals surface area contributed by atoms with Gasteiger partial charge >= 0.3 is 0 Å². The zero-order chi connectivity index (χ0) is 9.42. The van der Waals surface area contributed by atoms with Crippen LogP contribution in [0.2, 0.25) is 0 Å². The van der Waals surface area contributed by atoms with Crippen molar-refractivity contribution in [2.24, 2.45) is 0 Å². The van der Waals surface area contributed by atoms with E-state index in [-0.39, 0.29) is 0 Å². The zero-order valence-electron chi connectivity index (χ0n) is 8.04. The van der Waals surface area contributed by atoms with Gasteiger partial charge in [-0.1, -0.05) is 6.08 Å². The third-order valence-electron chi connectivity index (χ3n) is 2.53. The van der Waals surface area contributed by atoms with Gasteiger partial charge in [0.1, 0.15) is 0 Å². The largest absolute Gasteiger partial charge is 0.399 e. The number of nitrogen functional groups attached to an aromatic ring is 1. The summed E-state index contributed by atoms with van der Waals surface area (Å²) in [6.07, 6.45) is 2.22. The molecule has 1 aromatic carbocycles. The second-order valence-electron chi connectivity index (χ2n) is 3.54. The first kappa shape index (κ1) is 8.17. The maximum atomic E-state index is 5.74. The van der Waals surface area contributed by atoms with E-state index < -0.39 is 0 Å². The Labute approximate surface area is 78.7 Å². The van der Waals surface area contributed by atoms with Gasteiger partial charge in [0.15, 0.2) is 0 Å². The molecule has 68 valence electrons. The Balaban J connectivity index is 2.60. The van der Waals surface area contributed by atoms with E-state index in [2.05, 4.69) is 31.0 Å². The summed E-state index contributed by atoms with van der Waals surface area (Å²) in [5, 5.41) is 0. The van der Waals surface area contributed by atoms with Gasteiger partial charge < -0.3 is 10.6 Å². The number of nitrogens with two attached hydrogens (primary N) is 1. The number of hydrogen-bond acceptors (Lipinski definition) is 2. The van der Waals surface area contributed by atoms with Crippen molar-refractivity contribution in [3.8, 4) is 0 Å². The van der Waals surface area contributed by atoms with E-state index >= 15 is 0 Å². The fraction of sp³-hybridized carbons (Fsp3) is 0.273. The Bertz CT molecular complexity index is 366. The lowest BCUT2D eigenvalue weighted by Gasteiger charge is -2.26. The predicted octanol–water partition coefficient (Wildman–Crippen LogP) is 2.12. The maximum Gasteiger partial charge on any atom is 0.0444 e. The Morgan fingerprint density at radius 2 is 2.15 bits per heavy atom. The van der Waals surface area contributed by atoms with Crippen molar-refractivity contribution in [3.05, 3.63) is 29.8 Å². The molecule has 0 unspecified atom stereocenters. The molecule has 0 saturated heterocycles. The minimum atomic E-state index is 0.835. The smallest absolute Gasteiger partial charge is 0.0444 e. The molecule has 1 aliphatic rings. The van der Waals surface area contributed by atoms with Gasteiger partial charge in [0, 0.05) is 30.5 Å². The zero-order valence-corrected chi connectivity index (χ0v) is 8.04. The predicted molar refractivity (Wildman–Crippen MR) is 57.8 cm³/mol. The Hall–Kier alpha value is -1.44. The van der Waals surface area contributed by atoms with Gasteiger partial charge in [-0.05, 0) is 30.7 Å². The van der Waals surface area contributed by atoms with Crippen LogP contribution in [-0.4, -0.2) is 13.6 Å². The number of nitrogens with zero attached hydrogens (tertiary/aromatic N) is 1. The van der Waals surface area contributed by atoms with Crippen molar-refractivity contribution in [2.75, 3.05) is 24.2 Å². The van der Waals surface area contributed by atoms with Gasteiger partial charge in [-0.25, -0.2) is 0 Å². The molecular weight excluding hydrogens is 160 g/mol. The van der Waals surface area contributed by atoms with E-state index in [4.69, 9.17) is 5.73 Å². The number of fused-ring (bicyclic) bond motifs is 1. The molecule has 0 bridgehead atoms. The quantitative estimate of drug-likeness (QED) is 0.610. The molecule has 0 aromatic heterocycles. The Morgan fingerprint density at radius 3 is 2.92 bits per heavy atom. The standard InChI is InChI=1S/C11H14N2/c1-8-5-6-13(2)11-4-3-9(12)7-10(8)11/h3-5,7H,6,12H2,1-2H3. The van der Waals surface area contributed by atoms with Crippen LogP contribution in [0.25, 0.3) is 5.57 Å². The van der Waals surface area contributed by atoms with Crippen LogP contribution in [0.3, 0.4) is 0 Å². The van der Waals surface area contributed by atoms with Gasteiger partial charge in [0.05, 0.1) is 0 Å². The van der Waals surface area contributed by atoms with Crippen LogP contribution >= 0.6 is 0 Å².